The highest BCUT2D eigenvalue weighted by atomic mass is 32.1. The van der Waals surface area contributed by atoms with Crippen LogP contribution in [0, 0.1) is 0 Å². The van der Waals surface area contributed by atoms with Crippen molar-refractivity contribution in [3.05, 3.63) is 58.7 Å². The number of urea groups is 1. The van der Waals surface area contributed by atoms with E-state index in [0.29, 0.717) is 23.7 Å². The second-order valence-electron chi connectivity index (χ2n) is 6.99. The quantitative estimate of drug-likeness (QED) is 0.615. The summed E-state index contributed by atoms with van der Waals surface area (Å²) in [5.41, 5.74) is 3.25. The van der Waals surface area contributed by atoms with Crippen LogP contribution in [0.2, 0.25) is 0 Å². The third-order valence-corrected chi connectivity index (χ3v) is 6.48. The Morgan fingerprint density at radius 2 is 1.76 bits per heavy atom. The van der Waals surface area contributed by atoms with Crippen molar-refractivity contribution in [3.8, 4) is 16.5 Å². The van der Waals surface area contributed by atoms with Gasteiger partial charge in [-0.15, -0.1) is 11.3 Å². The third-order valence-electron chi connectivity index (χ3n) is 5.13. The highest BCUT2D eigenvalue weighted by Crippen LogP contribution is 2.37. The first kappa shape index (κ1) is 19.4. The predicted molar refractivity (Wildman–Crippen MR) is 116 cm³/mol. The number of fused-ring (bicyclic) bond motifs is 1. The van der Waals surface area contributed by atoms with Crippen molar-refractivity contribution in [1.29, 1.82) is 0 Å². The average Bonchev–Trinajstić information content (AvgIpc) is 3.39. The van der Waals surface area contributed by atoms with Crippen molar-refractivity contribution < 1.29 is 14.3 Å². The van der Waals surface area contributed by atoms with Gasteiger partial charge in [-0.05, 0) is 43.4 Å². The van der Waals surface area contributed by atoms with E-state index in [1.807, 2.05) is 23.5 Å². The van der Waals surface area contributed by atoms with Gasteiger partial charge in [0.1, 0.15) is 16.5 Å². The van der Waals surface area contributed by atoms with Crippen LogP contribution in [0.5, 0.6) is 11.5 Å². The van der Waals surface area contributed by atoms with Crippen molar-refractivity contribution in [2.24, 2.45) is 0 Å². The van der Waals surface area contributed by atoms with Crippen molar-refractivity contribution in [2.75, 3.05) is 19.5 Å². The van der Waals surface area contributed by atoms with Gasteiger partial charge in [0.15, 0.2) is 0 Å². The molecule has 0 radical (unpaired) electrons. The average molecular weight is 412 g/mol. The van der Waals surface area contributed by atoms with E-state index >= 15 is 0 Å². The molecule has 1 aromatic carbocycles. The molecule has 7 heteroatoms. The second kappa shape index (κ2) is 8.61. The first-order valence-corrected chi connectivity index (χ1v) is 10.5. The Bertz CT molecular complexity index is 973. The first-order chi connectivity index (χ1) is 14.2. The van der Waals surface area contributed by atoms with Gasteiger partial charge in [-0.3, -0.25) is 0 Å². The van der Waals surface area contributed by atoms with E-state index in [1.165, 1.54) is 33.8 Å². The van der Waals surface area contributed by atoms with Gasteiger partial charge >= 0.3 is 6.03 Å². The van der Waals surface area contributed by atoms with Gasteiger partial charge in [0, 0.05) is 53.3 Å². The molecule has 2 N–H and O–H groups in total. The topological polar surface area (TPSA) is 64.5 Å². The van der Waals surface area contributed by atoms with E-state index < -0.39 is 0 Å². The fourth-order valence-corrected chi connectivity index (χ4v) is 5.08. The molecule has 1 aliphatic carbocycles. The molecule has 0 saturated heterocycles. The van der Waals surface area contributed by atoms with E-state index in [1.54, 1.807) is 32.4 Å². The Morgan fingerprint density at radius 1 is 1.07 bits per heavy atom. The van der Waals surface area contributed by atoms with Gasteiger partial charge in [-0.1, -0.05) is 0 Å². The number of ether oxygens (including phenoxy) is 2. The third kappa shape index (κ3) is 4.24. The summed E-state index contributed by atoms with van der Waals surface area (Å²) in [4.78, 5) is 14.0. The summed E-state index contributed by atoms with van der Waals surface area (Å²) < 4.78 is 12.7. The number of aromatic nitrogens is 1. The zero-order valence-corrected chi connectivity index (χ0v) is 17.5. The Hall–Kier alpha value is -2.93. The number of nitrogens with one attached hydrogen (secondary N) is 2. The second-order valence-corrected chi connectivity index (χ2v) is 8.08. The number of nitrogens with zero attached hydrogens (tertiary/aromatic N) is 1. The lowest BCUT2D eigenvalue weighted by Crippen LogP contribution is -2.28. The van der Waals surface area contributed by atoms with Gasteiger partial charge in [0.2, 0.25) is 0 Å². The summed E-state index contributed by atoms with van der Waals surface area (Å²) in [6.45, 7) is 0.492. The molecule has 1 aliphatic rings. The number of rotatable bonds is 6. The molecule has 0 spiro atoms. The molecule has 0 saturated carbocycles. The highest BCUT2D eigenvalue weighted by Gasteiger charge is 2.21. The summed E-state index contributed by atoms with van der Waals surface area (Å²) in [6.07, 6.45) is 8.77. The fraction of sp³-hybridized carbons (Fsp3) is 0.318. The van der Waals surface area contributed by atoms with Crippen LogP contribution < -0.4 is 20.1 Å². The van der Waals surface area contributed by atoms with Crippen LogP contribution in [-0.2, 0) is 19.4 Å². The van der Waals surface area contributed by atoms with Gasteiger partial charge in [0.05, 0.1) is 14.2 Å². The van der Waals surface area contributed by atoms with Crippen molar-refractivity contribution in [3.63, 3.8) is 0 Å². The van der Waals surface area contributed by atoms with E-state index in [-0.39, 0.29) is 6.03 Å². The van der Waals surface area contributed by atoms with E-state index in [4.69, 9.17) is 9.47 Å². The molecule has 0 bridgehead atoms. The van der Waals surface area contributed by atoms with Gasteiger partial charge in [0.25, 0.3) is 0 Å². The fourth-order valence-electron chi connectivity index (χ4n) is 3.70. The number of thiophene rings is 1. The molecule has 3 aromatic rings. The zero-order valence-electron chi connectivity index (χ0n) is 16.7. The number of carbonyl (C=O) groups excluding carboxylic acids is 1. The van der Waals surface area contributed by atoms with E-state index in [0.717, 1.165) is 12.8 Å². The molecule has 152 valence electrons. The zero-order chi connectivity index (χ0) is 20.2. The maximum Gasteiger partial charge on any atom is 0.319 e. The largest absolute Gasteiger partial charge is 0.497 e. The predicted octanol–water partition coefficient (Wildman–Crippen LogP) is 4.76. The molecule has 0 fully saturated rings. The number of hydrogen-bond acceptors (Lipinski definition) is 4. The maximum absolute atomic E-state index is 12.6. The summed E-state index contributed by atoms with van der Waals surface area (Å²) >= 11 is 1.84. The van der Waals surface area contributed by atoms with Gasteiger partial charge in [-0.2, -0.15) is 0 Å². The van der Waals surface area contributed by atoms with Crippen molar-refractivity contribution in [2.45, 2.75) is 32.2 Å². The molecule has 6 nitrogen and oxygen atoms in total. The van der Waals surface area contributed by atoms with Gasteiger partial charge < -0.3 is 24.7 Å². The maximum atomic E-state index is 12.6. The Morgan fingerprint density at radius 3 is 2.45 bits per heavy atom. The summed E-state index contributed by atoms with van der Waals surface area (Å²) in [7, 11) is 3.17. The Labute approximate surface area is 174 Å². The Balaban J connectivity index is 1.50. The molecule has 2 heterocycles. The van der Waals surface area contributed by atoms with Crippen LogP contribution in [-0.4, -0.2) is 24.8 Å². The lowest BCUT2D eigenvalue weighted by molar-refractivity contribution is 0.251. The summed E-state index contributed by atoms with van der Waals surface area (Å²) in [6, 6.07) is 9.09. The molecular weight excluding hydrogens is 386 g/mol. The van der Waals surface area contributed by atoms with Crippen LogP contribution in [0.4, 0.5) is 10.5 Å². The van der Waals surface area contributed by atoms with Crippen LogP contribution in [0.15, 0.2) is 42.7 Å². The van der Waals surface area contributed by atoms with E-state index in [2.05, 4.69) is 27.6 Å². The monoisotopic (exact) mass is 411 g/mol. The molecule has 2 amide bonds. The number of hydrogen-bond donors (Lipinski definition) is 2. The number of amides is 2. The van der Waals surface area contributed by atoms with E-state index in [9.17, 15) is 4.79 Å². The highest BCUT2D eigenvalue weighted by molar-refractivity contribution is 7.14. The minimum absolute atomic E-state index is 0.255. The lowest BCUT2D eigenvalue weighted by atomic mass is 9.95. The number of anilines is 1. The first-order valence-electron chi connectivity index (χ1n) is 9.72. The molecule has 4 rings (SSSR count). The summed E-state index contributed by atoms with van der Waals surface area (Å²) in [5.74, 6) is 1.25. The van der Waals surface area contributed by atoms with Crippen molar-refractivity contribution in [1.82, 2.24) is 9.88 Å². The van der Waals surface area contributed by atoms with Crippen LogP contribution in [0.1, 0.15) is 28.8 Å². The lowest BCUT2D eigenvalue weighted by Gasteiger charge is -2.15. The molecular formula is C22H25N3O3S. The normalized spacial score (nSPS) is 12.9. The molecule has 0 atom stereocenters. The van der Waals surface area contributed by atoms with Crippen molar-refractivity contribution >= 4 is 23.1 Å². The van der Waals surface area contributed by atoms with Gasteiger partial charge in [-0.25, -0.2) is 4.79 Å². The minimum Gasteiger partial charge on any atom is -0.497 e. The number of benzene rings is 1. The summed E-state index contributed by atoms with van der Waals surface area (Å²) in [5, 5.41) is 7.10. The Kier molecular flexibility index (Phi) is 5.76. The smallest absolute Gasteiger partial charge is 0.319 e. The minimum atomic E-state index is -0.255. The molecule has 2 aromatic heterocycles. The molecule has 0 unspecified atom stereocenters. The molecule has 0 aliphatic heterocycles. The number of aryl methyl sites for hydroxylation is 1. The SMILES string of the molecule is COc1cc(NC(=O)NCc2c(-n3cccc3)sc3c2CCCC3)cc(OC)c1. The van der Waals surface area contributed by atoms with Crippen LogP contribution in [0.3, 0.4) is 0 Å². The number of methoxy groups -OCH3 is 2. The number of carbonyl (C=O) groups is 1. The standard InChI is InChI=1S/C22H25N3O3S/c1-27-16-11-15(12-17(13-16)28-2)24-22(26)23-14-19-18-7-3-4-8-20(18)29-21(19)25-9-5-6-10-25/h5-6,9-13H,3-4,7-8,14H2,1-2H3,(H2,23,24,26). The van der Waals surface area contributed by atoms with Crippen LogP contribution in [0.25, 0.3) is 5.00 Å². The van der Waals surface area contributed by atoms with Crippen LogP contribution >= 0.6 is 11.3 Å². The molecule has 29 heavy (non-hydrogen) atoms.